The molecule has 1 aromatic heterocycles. The summed E-state index contributed by atoms with van der Waals surface area (Å²) in [6.07, 6.45) is 3.02. The molecule has 0 radical (unpaired) electrons. The quantitative estimate of drug-likeness (QED) is 0.914. The number of aliphatic hydroxyl groups is 1. The molecule has 2 saturated heterocycles. The van der Waals surface area contributed by atoms with Gasteiger partial charge in [0.1, 0.15) is 0 Å². The zero-order chi connectivity index (χ0) is 14.2. The van der Waals surface area contributed by atoms with Gasteiger partial charge in [-0.05, 0) is 39.7 Å². The summed E-state index contributed by atoms with van der Waals surface area (Å²) in [5.74, 6) is 1.09. The van der Waals surface area contributed by atoms with Gasteiger partial charge in [-0.3, -0.25) is 4.90 Å². The first kappa shape index (κ1) is 14.0. The summed E-state index contributed by atoms with van der Waals surface area (Å²) in [6.45, 7) is 7.04. The van der Waals surface area contributed by atoms with E-state index in [1.54, 1.807) is 0 Å². The van der Waals surface area contributed by atoms with Crippen LogP contribution in [0.3, 0.4) is 0 Å². The number of hydrogen-bond donors (Lipinski definition) is 1. The van der Waals surface area contributed by atoms with E-state index in [1.807, 2.05) is 19.9 Å². The highest BCUT2D eigenvalue weighted by Gasteiger charge is 2.44. The van der Waals surface area contributed by atoms with Gasteiger partial charge in [-0.25, -0.2) is 0 Å². The monoisotopic (exact) mass is 280 g/mol. The van der Waals surface area contributed by atoms with E-state index in [4.69, 9.17) is 9.26 Å². The summed E-state index contributed by atoms with van der Waals surface area (Å²) < 4.78 is 10.9. The van der Waals surface area contributed by atoms with Gasteiger partial charge in [-0.15, -0.1) is 0 Å². The van der Waals surface area contributed by atoms with E-state index >= 15 is 0 Å². The van der Waals surface area contributed by atoms with E-state index in [0.29, 0.717) is 19.3 Å². The van der Waals surface area contributed by atoms with E-state index in [0.717, 1.165) is 37.4 Å². The first-order valence-corrected chi connectivity index (χ1v) is 7.52. The van der Waals surface area contributed by atoms with Crippen LogP contribution in [0.2, 0.25) is 0 Å². The fourth-order valence-corrected chi connectivity index (χ4v) is 3.57. The van der Waals surface area contributed by atoms with Crippen molar-refractivity contribution in [3.63, 3.8) is 0 Å². The van der Waals surface area contributed by atoms with Crippen LogP contribution in [0.4, 0.5) is 0 Å². The van der Waals surface area contributed by atoms with Crippen molar-refractivity contribution in [2.45, 2.75) is 51.3 Å². The molecule has 0 aliphatic carbocycles. The molecular weight excluding hydrogens is 256 g/mol. The molecule has 0 saturated carbocycles. The average Bonchev–Trinajstić information content (AvgIpc) is 2.99. The molecular formula is C15H24N2O3. The topological polar surface area (TPSA) is 58.7 Å². The molecule has 3 heterocycles. The highest BCUT2D eigenvalue weighted by Crippen LogP contribution is 2.36. The van der Waals surface area contributed by atoms with Crippen LogP contribution in [-0.2, 0) is 11.3 Å². The van der Waals surface area contributed by atoms with E-state index in [1.165, 1.54) is 6.42 Å². The van der Waals surface area contributed by atoms with Crippen molar-refractivity contribution in [1.29, 1.82) is 0 Å². The molecule has 2 fully saturated rings. The summed E-state index contributed by atoms with van der Waals surface area (Å²) in [5, 5.41) is 14.6. The van der Waals surface area contributed by atoms with Gasteiger partial charge in [0.15, 0.2) is 5.76 Å². The molecule has 5 nitrogen and oxygen atoms in total. The fraction of sp³-hybridized carbons (Fsp3) is 0.800. The summed E-state index contributed by atoms with van der Waals surface area (Å²) >= 11 is 0. The lowest BCUT2D eigenvalue weighted by molar-refractivity contribution is -0.124. The molecule has 3 atom stereocenters. The molecule has 20 heavy (non-hydrogen) atoms. The number of aryl methyl sites for hydroxylation is 1. The number of ether oxygens (including phenoxy) is 1. The minimum Gasteiger partial charge on any atom is -0.390 e. The third-order valence-corrected chi connectivity index (χ3v) is 4.76. The number of aromatic nitrogens is 1. The first-order valence-electron chi connectivity index (χ1n) is 7.52. The zero-order valence-electron chi connectivity index (χ0n) is 12.3. The zero-order valence-corrected chi connectivity index (χ0v) is 12.3. The van der Waals surface area contributed by atoms with Crippen molar-refractivity contribution in [1.82, 2.24) is 10.1 Å². The minimum atomic E-state index is -0.622. The van der Waals surface area contributed by atoms with Gasteiger partial charge in [0.05, 0.1) is 24.4 Å². The van der Waals surface area contributed by atoms with Gasteiger partial charge in [-0.2, -0.15) is 0 Å². The highest BCUT2D eigenvalue weighted by atomic mass is 16.5. The maximum absolute atomic E-state index is 10.6. The van der Waals surface area contributed by atoms with Crippen LogP contribution >= 0.6 is 0 Å². The Kier molecular flexibility index (Phi) is 3.84. The molecule has 0 bridgehead atoms. The van der Waals surface area contributed by atoms with Crippen LogP contribution in [-0.4, -0.2) is 46.6 Å². The van der Waals surface area contributed by atoms with Crippen molar-refractivity contribution >= 4 is 0 Å². The SMILES string of the molecule is Cc1cc(CN2CCCC2C2COCCC2(C)O)on1. The Hall–Kier alpha value is -0.910. The largest absolute Gasteiger partial charge is 0.390 e. The summed E-state index contributed by atoms with van der Waals surface area (Å²) in [5.41, 5.74) is 0.298. The average molecular weight is 280 g/mol. The Balaban J connectivity index is 1.71. The van der Waals surface area contributed by atoms with Crippen molar-refractivity contribution in [2.24, 2.45) is 5.92 Å². The minimum absolute atomic E-state index is 0.183. The van der Waals surface area contributed by atoms with Crippen LogP contribution in [0, 0.1) is 12.8 Å². The van der Waals surface area contributed by atoms with Gasteiger partial charge in [0, 0.05) is 24.6 Å². The summed E-state index contributed by atoms with van der Waals surface area (Å²) in [6, 6.07) is 2.36. The van der Waals surface area contributed by atoms with Gasteiger partial charge >= 0.3 is 0 Å². The lowest BCUT2D eigenvalue weighted by Gasteiger charge is -2.43. The van der Waals surface area contributed by atoms with Gasteiger partial charge in [-0.1, -0.05) is 5.16 Å². The second kappa shape index (κ2) is 5.47. The molecule has 2 aliphatic heterocycles. The molecule has 1 aromatic rings. The Bertz CT molecular complexity index is 458. The Morgan fingerprint density at radius 2 is 2.40 bits per heavy atom. The van der Waals surface area contributed by atoms with Crippen molar-refractivity contribution in [2.75, 3.05) is 19.8 Å². The number of rotatable bonds is 3. The second-order valence-corrected chi connectivity index (χ2v) is 6.40. The molecule has 112 valence electrons. The maximum Gasteiger partial charge on any atom is 0.150 e. The van der Waals surface area contributed by atoms with Gasteiger partial charge < -0.3 is 14.4 Å². The Morgan fingerprint density at radius 1 is 1.55 bits per heavy atom. The lowest BCUT2D eigenvalue weighted by Crippen LogP contribution is -2.52. The molecule has 0 spiro atoms. The number of nitrogens with zero attached hydrogens (tertiary/aromatic N) is 2. The predicted octanol–water partition coefficient (Wildman–Crippen LogP) is 1.73. The third-order valence-electron chi connectivity index (χ3n) is 4.76. The van der Waals surface area contributed by atoms with Crippen molar-refractivity contribution in [3.05, 3.63) is 17.5 Å². The van der Waals surface area contributed by atoms with E-state index in [-0.39, 0.29) is 5.92 Å². The molecule has 5 heteroatoms. The van der Waals surface area contributed by atoms with Crippen LogP contribution in [0.25, 0.3) is 0 Å². The molecule has 3 unspecified atom stereocenters. The molecule has 0 aromatic carbocycles. The van der Waals surface area contributed by atoms with Crippen LogP contribution in [0.5, 0.6) is 0 Å². The van der Waals surface area contributed by atoms with Gasteiger partial charge in [0.2, 0.25) is 0 Å². The van der Waals surface area contributed by atoms with E-state index in [2.05, 4.69) is 10.1 Å². The van der Waals surface area contributed by atoms with Crippen LogP contribution in [0.1, 0.15) is 37.6 Å². The molecule has 1 N–H and O–H groups in total. The lowest BCUT2D eigenvalue weighted by atomic mass is 9.79. The van der Waals surface area contributed by atoms with Gasteiger partial charge in [0.25, 0.3) is 0 Å². The number of hydrogen-bond acceptors (Lipinski definition) is 5. The van der Waals surface area contributed by atoms with E-state index in [9.17, 15) is 5.11 Å². The first-order chi connectivity index (χ1) is 9.56. The highest BCUT2D eigenvalue weighted by molar-refractivity contribution is 5.05. The summed E-state index contributed by atoms with van der Waals surface area (Å²) in [7, 11) is 0. The van der Waals surface area contributed by atoms with E-state index < -0.39 is 5.60 Å². The second-order valence-electron chi connectivity index (χ2n) is 6.40. The fourth-order valence-electron chi connectivity index (χ4n) is 3.57. The smallest absolute Gasteiger partial charge is 0.150 e. The van der Waals surface area contributed by atoms with Crippen LogP contribution < -0.4 is 0 Å². The third kappa shape index (κ3) is 2.75. The predicted molar refractivity (Wildman–Crippen MR) is 74.2 cm³/mol. The van der Waals surface area contributed by atoms with Crippen molar-refractivity contribution < 1.29 is 14.4 Å². The van der Waals surface area contributed by atoms with Crippen molar-refractivity contribution in [3.8, 4) is 0 Å². The normalized spacial score (nSPS) is 35.5. The molecule has 3 rings (SSSR count). The van der Waals surface area contributed by atoms with Crippen LogP contribution in [0.15, 0.2) is 10.6 Å². The molecule has 2 aliphatic rings. The summed E-state index contributed by atoms with van der Waals surface area (Å²) in [4.78, 5) is 2.41. The Labute approximate surface area is 119 Å². The number of likely N-dealkylation sites (tertiary alicyclic amines) is 1. The maximum atomic E-state index is 10.6. The Morgan fingerprint density at radius 3 is 3.10 bits per heavy atom. The standard InChI is InChI=1S/C15H24N2O3/c1-11-8-12(20-16-11)9-17-6-3-4-14(17)13-10-19-7-5-15(13,2)18/h8,13-14,18H,3-7,9-10H2,1-2H3. The molecule has 0 amide bonds.